The molecule has 0 saturated carbocycles. The molecule has 2 rings (SSSR count). The molecule has 100 valence electrons. The summed E-state index contributed by atoms with van der Waals surface area (Å²) in [6.45, 7) is 1.96. The number of methoxy groups -OCH3 is 1. The van der Waals surface area contributed by atoms with Gasteiger partial charge in [-0.3, -0.25) is 0 Å². The van der Waals surface area contributed by atoms with Crippen LogP contribution in [-0.2, 0) is 6.42 Å². The Morgan fingerprint density at radius 1 is 1.42 bits per heavy atom. The van der Waals surface area contributed by atoms with Gasteiger partial charge in [0, 0.05) is 10.4 Å². The molecule has 0 aliphatic heterocycles. The highest BCUT2D eigenvalue weighted by molar-refractivity contribution is 7.18. The number of anilines is 1. The molecular weight excluding hydrogens is 262 g/mol. The van der Waals surface area contributed by atoms with Crippen molar-refractivity contribution >= 4 is 23.0 Å². The molecule has 1 aromatic carbocycles. The van der Waals surface area contributed by atoms with Gasteiger partial charge in [-0.1, -0.05) is 19.1 Å². The molecule has 2 aromatic rings. The summed E-state index contributed by atoms with van der Waals surface area (Å²) in [6, 6.07) is 7.54. The first-order valence-electron chi connectivity index (χ1n) is 5.88. The van der Waals surface area contributed by atoms with Crippen LogP contribution in [0.4, 0.5) is 5.69 Å². The quantitative estimate of drug-likeness (QED) is 0.899. The van der Waals surface area contributed by atoms with Gasteiger partial charge in [0.15, 0.2) is 0 Å². The van der Waals surface area contributed by atoms with Crippen molar-refractivity contribution in [3.63, 3.8) is 0 Å². The summed E-state index contributed by atoms with van der Waals surface area (Å²) in [6.07, 6.45) is 0.684. The predicted molar refractivity (Wildman–Crippen MR) is 77.1 cm³/mol. The van der Waals surface area contributed by atoms with Gasteiger partial charge < -0.3 is 15.6 Å². The van der Waals surface area contributed by atoms with Gasteiger partial charge >= 0.3 is 5.97 Å². The molecule has 0 amide bonds. The summed E-state index contributed by atoms with van der Waals surface area (Å²) in [5.41, 5.74) is 8.04. The summed E-state index contributed by atoms with van der Waals surface area (Å²) in [7, 11) is 1.60. The molecule has 0 fully saturated rings. The summed E-state index contributed by atoms with van der Waals surface area (Å²) in [5.74, 6) is -0.270. The maximum absolute atomic E-state index is 11.2. The second kappa shape index (κ2) is 5.32. The number of aromatic carboxylic acids is 1. The molecule has 19 heavy (non-hydrogen) atoms. The standard InChI is InChI=1S/C14H15NO3S/c1-3-8-11(15)13(14(16)17)19-12(8)9-6-4-5-7-10(9)18-2/h4-7H,3,15H2,1-2H3,(H,16,17). The predicted octanol–water partition coefficient (Wildman–Crippen LogP) is 3.27. The van der Waals surface area contributed by atoms with Crippen molar-refractivity contribution in [1.82, 2.24) is 0 Å². The average Bonchev–Trinajstić information content (AvgIpc) is 2.75. The molecule has 0 unspecified atom stereocenters. The highest BCUT2D eigenvalue weighted by Crippen LogP contribution is 2.42. The Balaban J connectivity index is 2.68. The fourth-order valence-corrected chi connectivity index (χ4v) is 3.22. The normalized spacial score (nSPS) is 10.4. The van der Waals surface area contributed by atoms with Crippen molar-refractivity contribution in [3.8, 4) is 16.2 Å². The Morgan fingerprint density at radius 2 is 2.11 bits per heavy atom. The minimum atomic E-state index is -0.988. The van der Waals surface area contributed by atoms with Crippen LogP contribution in [-0.4, -0.2) is 18.2 Å². The number of nitrogen functional groups attached to an aromatic ring is 1. The fraction of sp³-hybridized carbons (Fsp3) is 0.214. The van der Waals surface area contributed by atoms with E-state index in [2.05, 4.69) is 0 Å². The molecule has 4 nitrogen and oxygen atoms in total. The number of carbonyl (C=O) groups is 1. The molecule has 0 aliphatic carbocycles. The molecule has 0 atom stereocenters. The minimum Gasteiger partial charge on any atom is -0.496 e. The lowest BCUT2D eigenvalue weighted by Crippen LogP contribution is -1.99. The smallest absolute Gasteiger partial charge is 0.348 e. The first-order chi connectivity index (χ1) is 9.10. The van der Waals surface area contributed by atoms with Gasteiger partial charge in [-0.25, -0.2) is 4.79 Å². The van der Waals surface area contributed by atoms with Gasteiger partial charge in [0.05, 0.1) is 12.8 Å². The average molecular weight is 277 g/mol. The van der Waals surface area contributed by atoms with Crippen LogP contribution in [0.15, 0.2) is 24.3 Å². The number of benzene rings is 1. The van der Waals surface area contributed by atoms with Gasteiger partial charge in [-0.2, -0.15) is 0 Å². The van der Waals surface area contributed by atoms with Crippen LogP contribution in [0.25, 0.3) is 10.4 Å². The molecule has 5 heteroatoms. The maximum Gasteiger partial charge on any atom is 0.348 e. The zero-order chi connectivity index (χ0) is 14.0. The third-order valence-electron chi connectivity index (χ3n) is 2.95. The molecular formula is C14H15NO3S. The number of carboxylic acids is 1. The molecule has 0 radical (unpaired) electrons. The van der Waals surface area contributed by atoms with Gasteiger partial charge in [0.1, 0.15) is 10.6 Å². The molecule has 0 aliphatic rings. The van der Waals surface area contributed by atoms with Crippen LogP contribution in [0, 0.1) is 0 Å². The van der Waals surface area contributed by atoms with Crippen molar-refractivity contribution < 1.29 is 14.6 Å². The minimum absolute atomic E-state index is 0.192. The SMILES string of the molecule is CCc1c(-c2ccccc2OC)sc(C(=O)O)c1N. The van der Waals surface area contributed by atoms with E-state index < -0.39 is 5.97 Å². The van der Waals surface area contributed by atoms with Crippen molar-refractivity contribution in [2.45, 2.75) is 13.3 Å². The van der Waals surface area contributed by atoms with E-state index in [0.717, 1.165) is 21.8 Å². The highest BCUT2D eigenvalue weighted by atomic mass is 32.1. The van der Waals surface area contributed by atoms with Crippen molar-refractivity contribution in [3.05, 3.63) is 34.7 Å². The van der Waals surface area contributed by atoms with Crippen LogP contribution >= 0.6 is 11.3 Å². The highest BCUT2D eigenvalue weighted by Gasteiger charge is 2.21. The van der Waals surface area contributed by atoms with Crippen LogP contribution in [0.1, 0.15) is 22.2 Å². The lowest BCUT2D eigenvalue weighted by Gasteiger charge is -2.08. The number of nitrogens with two attached hydrogens (primary N) is 1. The van der Waals surface area contributed by atoms with E-state index in [1.165, 1.54) is 11.3 Å². The molecule has 1 heterocycles. The van der Waals surface area contributed by atoms with Crippen LogP contribution < -0.4 is 10.5 Å². The van der Waals surface area contributed by atoms with Gasteiger partial charge in [-0.05, 0) is 24.1 Å². The number of carboxylic acid groups (broad SMARTS) is 1. The molecule has 0 spiro atoms. The van der Waals surface area contributed by atoms with E-state index in [-0.39, 0.29) is 4.88 Å². The Bertz CT molecular complexity index is 619. The third-order valence-corrected chi connectivity index (χ3v) is 4.22. The topological polar surface area (TPSA) is 72.5 Å². The number of hydrogen-bond donors (Lipinski definition) is 2. The maximum atomic E-state index is 11.2. The number of para-hydroxylation sites is 1. The Kier molecular flexibility index (Phi) is 3.76. The third kappa shape index (κ3) is 2.29. The molecule has 0 saturated heterocycles. The molecule has 1 aromatic heterocycles. The molecule has 0 bridgehead atoms. The van der Waals surface area contributed by atoms with E-state index >= 15 is 0 Å². The second-order valence-corrected chi connectivity index (χ2v) is 5.03. The van der Waals surface area contributed by atoms with E-state index in [9.17, 15) is 9.90 Å². The van der Waals surface area contributed by atoms with Crippen molar-refractivity contribution in [1.29, 1.82) is 0 Å². The summed E-state index contributed by atoms with van der Waals surface area (Å²) in [5, 5.41) is 9.17. The van der Waals surface area contributed by atoms with E-state index in [1.807, 2.05) is 31.2 Å². The van der Waals surface area contributed by atoms with Gasteiger partial charge in [0.25, 0.3) is 0 Å². The Labute approximate surface area is 115 Å². The zero-order valence-electron chi connectivity index (χ0n) is 10.8. The van der Waals surface area contributed by atoms with Crippen molar-refractivity contribution in [2.75, 3.05) is 12.8 Å². The van der Waals surface area contributed by atoms with E-state index in [4.69, 9.17) is 10.5 Å². The van der Waals surface area contributed by atoms with Crippen LogP contribution in [0.2, 0.25) is 0 Å². The zero-order valence-corrected chi connectivity index (χ0v) is 11.6. The Morgan fingerprint density at radius 3 is 2.68 bits per heavy atom. The summed E-state index contributed by atoms with van der Waals surface area (Å²) < 4.78 is 5.33. The van der Waals surface area contributed by atoms with E-state index in [0.29, 0.717) is 12.1 Å². The van der Waals surface area contributed by atoms with Gasteiger partial charge in [0.2, 0.25) is 0 Å². The molecule has 3 N–H and O–H groups in total. The fourth-order valence-electron chi connectivity index (χ4n) is 2.04. The van der Waals surface area contributed by atoms with Crippen molar-refractivity contribution in [2.24, 2.45) is 0 Å². The number of ether oxygens (including phenoxy) is 1. The van der Waals surface area contributed by atoms with E-state index in [1.54, 1.807) is 7.11 Å². The van der Waals surface area contributed by atoms with Gasteiger partial charge in [-0.15, -0.1) is 11.3 Å². The summed E-state index contributed by atoms with van der Waals surface area (Å²) in [4.78, 5) is 12.3. The Hall–Kier alpha value is -2.01. The van der Waals surface area contributed by atoms with Crippen LogP contribution in [0.3, 0.4) is 0 Å². The second-order valence-electron chi connectivity index (χ2n) is 4.01. The number of thiophene rings is 1. The first kappa shape index (κ1) is 13.4. The lowest BCUT2D eigenvalue weighted by atomic mass is 10.1. The lowest BCUT2D eigenvalue weighted by molar-refractivity contribution is 0.0703. The summed E-state index contributed by atoms with van der Waals surface area (Å²) >= 11 is 1.20. The van der Waals surface area contributed by atoms with Crippen LogP contribution in [0.5, 0.6) is 5.75 Å². The first-order valence-corrected chi connectivity index (χ1v) is 6.69. The number of hydrogen-bond acceptors (Lipinski definition) is 4. The monoisotopic (exact) mass is 277 g/mol. The number of rotatable bonds is 4. The largest absolute Gasteiger partial charge is 0.496 e.